The number of imidazole rings is 1. The molecule has 0 aliphatic carbocycles. The van der Waals surface area contributed by atoms with Gasteiger partial charge in [0.2, 0.25) is 0 Å². The van der Waals surface area contributed by atoms with Crippen LogP contribution in [-0.4, -0.2) is 68.3 Å². The Kier molecular flexibility index (Phi) is 11.7. The summed E-state index contributed by atoms with van der Waals surface area (Å²) in [6.45, 7) is 4.20. The van der Waals surface area contributed by atoms with Crippen LogP contribution in [0.4, 0.5) is 0 Å². The molecule has 0 saturated heterocycles. The van der Waals surface area contributed by atoms with Gasteiger partial charge in [0.05, 0.1) is 18.4 Å². The van der Waals surface area contributed by atoms with Gasteiger partial charge >= 0.3 is 0 Å². The standard InChI is InChI=1S/C19H30N6O.HI/c1-20-19(21-10-12-25(2)11-7-13-26-3)23-15-18-22-14-17(24-18)16-8-5-4-6-9-16;/h4-6,8-9,14H,7,10-13,15H2,1-3H3,(H,22,24)(H2,20,21,23);1H. The van der Waals surface area contributed by atoms with Crippen LogP contribution in [0.25, 0.3) is 11.3 Å². The fourth-order valence-electron chi connectivity index (χ4n) is 2.56. The predicted molar refractivity (Wildman–Crippen MR) is 122 cm³/mol. The molecular weight excluding hydrogens is 455 g/mol. The lowest BCUT2D eigenvalue weighted by molar-refractivity contribution is 0.180. The van der Waals surface area contributed by atoms with Crippen molar-refractivity contribution < 1.29 is 4.74 Å². The molecular formula is C19H31IN6O. The van der Waals surface area contributed by atoms with Crippen LogP contribution in [0.15, 0.2) is 41.5 Å². The first-order chi connectivity index (χ1) is 12.7. The van der Waals surface area contributed by atoms with Gasteiger partial charge < -0.3 is 25.3 Å². The van der Waals surface area contributed by atoms with Gasteiger partial charge in [-0.15, -0.1) is 24.0 Å². The number of hydrogen-bond acceptors (Lipinski definition) is 4. The van der Waals surface area contributed by atoms with Gasteiger partial charge in [-0.3, -0.25) is 4.99 Å². The summed E-state index contributed by atoms with van der Waals surface area (Å²) in [5.41, 5.74) is 2.15. The van der Waals surface area contributed by atoms with Gasteiger partial charge in [-0.1, -0.05) is 30.3 Å². The Morgan fingerprint density at radius 2 is 2.00 bits per heavy atom. The highest BCUT2D eigenvalue weighted by molar-refractivity contribution is 14.0. The molecule has 1 heterocycles. The zero-order valence-corrected chi connectivity index (χ0v) is 18.7. The third-order valence-electron chi connectivity index (χ3n) is 4.03. The lowest BCUT2D eigenvalue weighted by atomic mass is 10.2. The van der Waals surface area contributed by atoms with E-state index in [9.17, 15) is 0 Å². The number of guanidine groups is 1. The van der Waals surface area contributed by atoms with Crippen molar-refractivity contribution in [2.45, 2.75) is 13.0 Å². The number of halogens is 1. The molecule has 0 aliphatic rings. The van der Waals surface area contributed by atoms with E-state index in [-0.39, 0.29) is 24.0 Å². The number of nitrogens with one attached hydrogen (secondary N) is 3. The second kappa shape index (κ2) is 13.5. The molecule has 0 amide bonds. The predicted octanol–water partition coefficient (Wildman–Crippen LogP) is 2.33. The van der Waals surface area contributed by atoms with E-state index in [4.69, 9.17) is 4.74 Å². The van der Waals surface area contributed by atoms with Crippen molar-refractivity contribution in [3.8, 4) is 11.3 Å². The first-order valence-electron chi connectivity index (χ1n) is 8.94. The molecule has 0 spiro atoms. The summed E-state index contributed by atoms with van der Waals surface area (Å²) in [5.74, 6) is 1.65. The number of nitrogens with zero attached hydrogens (tertiary/aromatic N) is 3. The van der Waals surface area contributed by atoms with Crippen molar-refractivity contribution in [2.75, 3.05) is 47.4 Å². The third-order valence-corrected chi connectivity index (χ3v) is 4.03. The Morgan fingerprint density at radius 1 is 1.22 bits per heavy atom. The molecule has 150 valence electrons. The Morgan fingerprint density at radius 3 is 2.70 bits per heavy atom. The topological polar surface area (TPSA) is 77.6 Å². The number of aliphatic imine (C=N–C) groups is 1. The van der Waals surface area contributed by atoms with E-state index < -0.39 is 0 Å². The minimum Gasteiger partial charge on any atom is -0.385 e. The Bertz CT molecular complexity index is 661. The maximum absolute atomic E-state index is 5.08. The van der Waals surface area contributed by atoms with Gasteiger partial charge in [0.25, 0.3) is 0 Å². The first-order valence-corrected chi connectivity index (χ1v) is 8.94. The van der Waals surface area contributed by atoms with Gasteiger partial charge in [0.15, 0.2) is 5.96 Å². The molecule has 2 aromatic rings. The van der Waals surface area contributed by atoms with E-state index in [2.05, 4.69) is 49.7 Å². The second-order valence-electron chi connectivity index (χ2n) is 6.11. The molecule has 3 N–H and O–H groups in total. The zero-order chi connectivity index (χ0) is 18.6. The fraction of sp³-hybridized carbons (Fsp3) is 0.474. The summed E-state index contributed by atoms with van der Waals surface area (Å²) >= 11 is 0. The SMILES string of the molecule is CN=C(NCCN(C)CCCOC)NCc1ncc(-c2ccccc2)[nH]1.I. The highest BCUT2D eigenvalue weighted by Gasteiger charge is 2.04. The lowest BCUT2D eigenvalue weighted by Crippen LogP contribution is -2.41. The van der Waals surface area contributed by atoms with Crippen molar-refractivity contribution >= 4 is 29.9 Å². The minimum absolute atomic E-state index is 0. The third kappa shape index (κ3) is 8.72. The molecule has 0 atom stereocenters. The molecule has 0 saturated carbocycles. The normalized spacial score (nSPS) is 11.3. The molecule has 0 fully saturated rings. The van der Waals surface area contributed by atoms with Crippen LogP contribution in [0.1, 0.15) is 12.2 Å². The van der Waals surface area contributed by atoms with Crippen LogP contribution >= 0.6 is 24.0 Å². The number of likely N-dealkylation sites (N-methyl/N-ethyl adjacent to an activating group) is 1. The summed E-state index contributed by atoms with van der Waals surface area (Å²) in [4.78, 5) is 14.3. The van der Waals surface area contributed by atoms with Crippen molar-refractivity contribution in [1.29, 1.82) is 0 Å². The first kappa shape index (κ1) is 23.4. The summed E-state index contributed by atoms with van der Waals surface area (Å²) in [6, 6.07) is 10.2. The molecule has 1 aromatic heterocycles. The van der Waals surface area contributed by atoms with E-state index in [1.807, 2.05) is 24.4 Å². The molecule has 0 unspecified atom stereocenters. The summed E-state index contributed by atoms with van der Waals surface area (Å²) in [7, 11) is 5.62. The largest absolute Gasteiger partial charge is 0.385 e. The zero-order valence-electron chi connectivity index (χ0n) is 16.4. The molecule has 0 bridgehead atoms. The van der Waals surface area contributed by atoms with Crippen LogP contribution in [0.2, 0.25) is 0 Å². The monoisotopic (exact) mass is 486 g/mol. The maximum atomic E-state index is 5.08. The number of aromatic amines is 1. The van der Waals surface area contributed by atoms with Crippen LogP contribution in [-0.2, 0) is 11.3 Å². The maximum Gasteiger partial charge on any atom is 0.191 e. The Hall–Kier alpha value is -1.65. The number of rotatable bonds is 10. The highest BCUT2D eigenvalue weighted by Crippen LogP contribution is 2.15. The number of H-pyrrole nitrogens is 1. The molecule has 7 nitrogen and oxygen atoms in total. The van der Waals surface area contributed by atoms with E-state index in [0.29, 0.717) is 6.54 Å². The summed E-state index contributed by atoms with van der Waals surface area (Å²) in [6.07, 6.45) is 2.90. The number of aromatic nitrogens is 2. The minimum atomic E-state index is 0. The van der Waals surface area contributed by atoms with E-state index in [1.54, 1.807) is 14.2 Å². The van der Waals surface area contributed by atoms with Crippen LogP contribution in [0, 0.1) is 0 Å². The van der Waals surface area contributed by atoms with Gasteiger partial charge in [0.1, 0.15) is 5.82 Å². The van der Waals surface area contributed by atoms with Gasteiger partial charge in [-0.05, 0) is 19.0 Å². The molecule has 27 heavy (non-hydrogen) atoms. The van der Waals surface area contributed by atoms with Gasteiger partial charge in [0, 0.05) is 40.4 Å². The molecule has 0 aliphatic heterocycles. The molecule has 8 heteroatoms. The van der Waals surface area contributed by atoms with E-state index >= 15 is 0 Å². The van der Waals surface area contributed by atoms with Crippen molar-refractivity contribution in [3.63, 3.8) is 0 Å². The van der Waals surface area contributed by atoms with Crippen molar-refractivity contribution in [1.82, 2.24) is 25.5 Å². The highest BCUT2D eigenvalue weighted by atomic mass is 127. The van der Waals surface area contributed by atoms with Crippen molar-refractivity contribution in [3.05, 3.63) is 42.4 Å². The van der Waals surface area contributed by atoms with Gasteiger partial charge in [-0.2, -0.15) is 0 Å². The Balaban J connectivity index is 0.00000364. The number of benzene rings is 1. The van der Waals surface area contributed by atoms with Gasteiger partial charge in [-0.25, -0.2) is 4.98 Å². The second-order valence-corrected chi connectivity index (χ2v) is 6.11. The van der Waals surface area contributed by atoms with E-state index in [0.717, 1.165) is 55.7 Å². The fourth-order valence-corrected chi connectivity index (χ4v) is 2.56. The number of ether oxygens (including phenoxy) is 1. The molecule has 2 rings (SSSR count). The molecule has 0 radical (unpaired) electrons. The average Bonchev–Trinajstić information content (AvgIpc) is 3.14. The number of methoxy groups -OCH3 is 1. The van der Waals surface area contributed by atoms with Crippen LogP contribution in [0.5, 0.6) is 0 Å². The lowest BCUT2D eigenvalue weighted by Gasteiger charge is -2.17. The van der Waals surface area contributed by atoms with Crippen LogP contribution < -0.4 is 10.6 Å². The summed E-state index contributed by atoms with van der Waals surface area (Å²) < 4.78 is 5.08. The molecule has 1 aromatic carbocycles. The quantitative estimate of drug-likeness (QED) is 0.208. The average molecular weight is 486 g/mol. The van der Waals surface area contributed by atoms with Crippen LogP contribution in [0.3, 0.4) is 0 Å². The summed E-state index contributed by atoms with van der Waals surface area (Å²) in [5, 5.41) is 6.61. The van der Waals surface area contributed by atoms with Crippen molar-refractivity contribution in [2.24, 2.45) is 4.99 Å². The van der Waals surface area contributed by atoms with E-state index in [1.165, 1.54) is 0 Å². The smallest absolute Gasteiger partial charge is 0.191 e. The Labute approximate surface area is 179 Å². The number of hydrogen-bond donors (Lipinski definition) is 3.